The Morgan fingerprint density at radius 2 is 1.55 bits per heavy atom. The fraction of sp³-hybridized carbons (Fsp3) is 0.130. The number of rotatable bonds is 4. The van der Waals surface area contributed by atoms with Gasteiger partial charge in [0.05, 0.1) is 11.8 Å². The lowest BCUT2D eigenvalue weighted by molar-refractivity contribution is 0.364. The van der Waals surface area contributed by atoms with Crippen molar-refractivity contribution in [3.8, 4) is 0 Å². The van der Waals surface area contributed by atoms with E-state index in [1.165, 1.54) is 11.1 Å². The van der Waals surface area contributed by atoms with Gasteiger partial charge in [-0.2, -0.15) is 5.10 Å². The Morgan fingerprint density at radius 3 is 2.21 bits per heavy atom. The zero-order valence-corrected chi connectivity index (χ0v) is 19.5. The number of thiocarbonyl (C=S) groups is 1. The molecule has 0 spiro atoms. The zero-order chi connectivity index (χ0) is 20.2. The molecule has 0 fully saturated rings. The van der Waals surface area contributed by atoms with Gasteiger partial charge in [0.25, 0.3) is 0 Å². The number of benzene rings is 3. The second-order valence-corrected chi connectivity index (χ2v) is 9.03. The van der Waals surface area contributed by atoms with Gasteiger partial charge in [0, 0.05) is 21.9 Å². The van der Waals surface area contributed by atoms with Crippen LogP contribution in [-0.4, -0.2) is 15.8 Å². The predicted molar refractivity (Wildman–Crippen MR) is 130 cm³/mol. The molecule has 1 N–H and O–H groups in total. The lowest BCUT2D eigenvalue weighted by Crippen LogP contribution is -2.36. The van der Waals surface area contributed by atoms with Gasteiger partial charge in [-0.1, -0.05) is 86.5 Å². The van der Waals surface area contributed by atoms with Crippen LogP contribution in [0.4, 0.5) is 0 Å². The Hall–Kier alpha value is -2.02. The molecule has 1 aliphatic heterocycles. The van der Waals surface area contributed by atoms with Gasteiger partial charge in [0.15, 0.2) is 5.11 Å². The molecule has 29 heavy (non-hydrogen) atoms. The first-order chi connectivity index (χ1) is 14.1. The molecule has 1 aliphatic rings. The topological polar surface area (TPSA) is 27.6 Å². The van der Waals surface area contributed by atoms with Crippen molar-refractivity contribution < 1.29 is 0 Å². The monoisotopic (exact) mass is 527 g/mol. The SMILES string of the molecule is S=C(NCc1ccccc1)N1N=C(c2ccc(Br)cc2)C[C@H]1c1ccc(Br)cc1. The van der Waals surface area contributed by atoms with Crippen LogP contribution in [-0.2, 0) is 6.54 Å². The smallest absolute Gasteiger partial charge is 0.190 e. The number of hydrogen-bond donors (Lipinski definition) is 1. The average molecular weight is 529 g/mol. The maximum absolute atomic E-state index is 5.73. The van der Waals surface area contributed by atoms with Crippen molar-refractivity contribution in [3.05, 3.63) is 104 Å². The zero-order valence-electron chi connectivity index (χ0n) is 15.6. The van der Waals surface area contributed by atoms with E-state index in [1.807, 2.05) is 35.3 Å². The van der Waals surface area contributed by atoms with Crippen LogP contribution >= 0.6 is 44.1 Å². The van der Waals surface area contributed by atoms with Crippen LogP contribution in [0.1, 0.15) is 29.2 Å². The van der Waals surface area contributed by atoms with Gasteiger partial charge in [-0.05, 0) is 53.2 Å². The minimum Gasteiger partial charge on any atom is -0.357 e. The first kappa shape index (κ1) is 20.3. The van der Waals surface area contributed by atoms with Gasteiger partial charge in [-0.15, -0.1) is 0 Å². The van der Waals surface area contributed by atoms with Crippen LogP contribution in [0.3, 0.4) is 0 Å². The summed E-state index contributed by atoms with van der Waals surface area (Å²) in [5.74, 6) is 0. The molecular weight excluding hydrogens is 510 g/mol. The number of nitrogens with one attached hydrogen (secondary N) is 1. The molecule has 0 aliphatic carbocycles. The van der Waals surface area contributed by atoms with Crippen molar-refractivity contribution in [1.29, 1.82) is 0 Å². The number of hydrazone groups is 1. The van der Waals surface area contributed by atoms with Crippen molar-refractivity contribution in [3.63, 3.8) is 0 Å². The molecular formula is C23H19Br2N3S. The summed E-state index contributed by atoms with van der Waals surface area (Å²) in [7, 11) is 0. The van der Waals surface area contributed by atoms with Crippen LogP contribution in [0.15, 0.2) is 92.9 Å². The molecule has 0 saturated heterocycles. The molecule has 6 heteroatoms. The van der Waals surface area contributed by atoms with Crippen LogP contribution in [0.2, 0.25) is 0 Å². The second kappa shape index (κ2) is 9.20. The fourth-order valence-electron chi connectivity index (χ4n) is 3.31. The highest BCUT2D eigenvalue weighted by atomic mass is 79.9. The maximum Gasteiger partial charge on any atom is 0.190 e. The predicted octanol–water partition coefficient (Wildman–Crippen LogP) is 6.44. The van der Waals surface area contributed by atoms with Gasteiger partial charge in [0.2, 0.25) is 0 Å². The van der Waals surface area contributed by atoms with Crippen molar-refractivity contribution in [2.75, 3.05) is 0 Å². The van der Waals surface area contributed by atoms with E-state index in [4.69, 9.17) is 17.3 Å². The van der Waals surface area contributed by atoms with E-state index >= 15 is 0 Å². The minimum atomic E-state index is 0.0671. The van der Waals surface area contributed by atoms with Crippen molar-refractivity contribution >= 4 is 54.9 Å². The molecule has 4 rings (SSSR count). The normalized spacial score (nSPS) is 15.9. The second-order valence-electron chi connectivity index (χ2n) is 6.81. The quantitative estimate of drug-likeness (QED) is 0.395. The Morgan fingerprint density at radius 1 is 0.931 bits per heavy atom. The summed E-state index contributed by atoms with van der Waals surface area (Å²) in [6, 6.07) is 27.0. The Bertz CT molecular complexity index is 1020. The van der Waals surface area contributed by atoms with E-state index < -0.39 is 0 Å². The number of halogens is 2. The molecule has 1 atom stereocenters. The Balaban J connectivity index is 1.58. The Labute approximate surface area is 193 Å². The molecule has 0 aromatic heterocycles. The Kier molecular flexibility index (Phi) is 6.43. The van der Waals surface area contributed by atoms with Gasteiger partial charge in [-0.3, -0.25) is 0 Å². The average Bonchev–Trinajstić information content (AvgIpc) is 3.19. The third-order valence-corrected chi connectivity index (χ3v) is 6.23. The molecule has 0 radical (unpaired) electrons. The van der Waals surface area contributed by atoms with Gasteiger partial charge in [-0.25, -0.2) is 5.01 Å². The van der Waals surface area contributed by atoms with Crippen LogP contribution in [0.25, 0.3) is 0 Å². The van der Waals surface area contributed by atoms with Crippen LogP contribution in [0.5, 0.6) is 0 Å². The molecule has 1 heterocycles. The maximum atomic E-state index is 5.73. The fourth-order valence-corrected chi connectivity index (χ4v) is 4.08. The minimum absolute atomic E-state index is 0.0671. The molecule has 0 saturated carbocycles. The van der Waals surface area contributed by atoms with Crippen molar-refractivity contribution in [1.82, 2.24) is 10.3 Å². The lowest BCUT2D eigenvalue weighted by Gasteiger charge is -2.25. The standard InChI is InChI=1S/C23H19Br2N3S/c24-19-10-6-17(7-11-19)21-14-22(18-8-12-20(25)13-9-18)28(27-21)23(29)26-15-16-4-2-1-3-5-16/h1-13,22H,14-15H2,(H,26,29)/t22-/m0/s1. The summed E-state index contributed by atoms with van der Waals surface area (Å²) in [4.78, 5) is 0. The molecule has 3 aromatic rings. The summed E-state index contributed by atoms with van der Waals surface area (Å²) in [6.07, 6.45) is 0.802. The van der Waals surface area contributed by atoms with Gasteiger partial charge in [0.1, 0.15) is 0 Å². The first-order valence-corrected chi connectivity index (χ1v) is 11.3. The summed E-state index contributed by atoms with van der Waals surface area (Å²) in [5.41, 5.74) is 4.53. The van der Waals surface area contributed by atoms with Crippen LogP contribution in [0, 0.1) is 0 Å². The van der Waals surface area contributed by atoms with Crippen LogP contribution < -0.4 is 5.32 Å². The highest BCUT2D eigenvalue weighted by Crippen LogP contribution is 2.33. The summed E-state index contributed by atoms with van der Waals surface area (Å²) in [6.45, 7) is 0.673. The van der Waals surface area contributed by atoms with E-state index in [1.54, 1.807) is 0 Å². The van der Waals surface area contributed by atoms with E-state index in [0.29, 0.717) is 11.7 Å². The lowest BCUT2D eigenvalue weighted by atomic mass is 9.99. The third-order valence-electron chi connectivity index (χ3n) is 4.84. The molecule has 0 amide bonds. The molecule has 3 nitrogen and oxygen atoms in total. The number of hydrogen-bond acceptors (Lipinski definition) is 2. The van der Waals surface area contributed by atoms with Crippen molar-refractivity contribution in [2.45, 2.75) is 19.0 Å². The molecule has 0 bridgehead atoms. The van der Waals surface area contributed by atoms with Gasteiger partial charge < -0.3 is 5.32 Å². The molecule has 0 unspecified atom stereocenters. The van der Waals surface area contributed by atoms with Crippen molar-refractivity contribution in [2.24, 2.45) is 5.10 Å². The molecule has 3 aromatic carbocycles. The third kappa shape index (κ3) is 4.94. The van der Waals surface area contributed by atoms with E-state index in [9.17, 15) is 0 Å². The first-order valence-electron chi connectivity index (χ1n) is 9.30. The highest BCUT2D eigenvalue weighted by molar-refractivity contribution is 9.10. The highest BCUT2D eigenvalue weighted by Gasteiger charge is 2.31. The summed E-state index contributed by atoms with van der Waals surface area (Å²) < 4.78 is 2.12. The van der Waals surface area contributed by atoms with Gasteiger partial charge >= 0.3 is 0 Å². The number of nitrogens with zero attached hydrogens (tertiary/aromatic N) is 2. The van der Waals surface area contributed by atoms with E-state index in [-0.39, 0.29) is 6.04 Å². The molecule has 146 valence electrons. The summed E-state index contributed by atoms with van der Waals surface area (Å²) >= 11 is 12.8. The van der Waals surface area contributed by atoms with E-state index in [0.717, 1.165) is 26.6 Å². The van der Waals surface area contributed by atoms with E-state index in [2.05, 4.69) is 85.7 Å². The summed E-state index contributed by atoms with van der Waals surface area (Å²) in [5, 5.41) is 10.8. The largest absolute Gasteiger partial charge is 0.357 e.